The number of rotatable bonds is 5. The minimum Gasteiger partial charge on any atom is -0.444 e. The van der Waals surface area contributed by atoms with E-state index in [0.29, 0.717) is 5.69 Å². The SMILES string of the molecule is O=C(Nc1ccccc1/C=C/CO)OCc1ccccc1. The molecule has 0 atom stereocenters. The predicted octanol–water partition coefficient (Wildman–Crippen LogP) is 3.44. The van der Waals surface area contributed by atoms with E-state index in [1.165, 1.54) is 0 Å². The lowest BCUT2D eigenvalue weighted by atomic mass is 10.1. The number of nitrogens with one attached hydrogen (secondary N) is 1. The van der Waals surface area contributed by atoms with Crippen LogP contribution >= 0.6 is 0 Å². The molecule has 2 N–H and O–H groups in total. The standard InChI is InChI=1S/C17H17NO3/c19-12-6-10-15-9-4-5-11-16(15)18-17(20)21-13-14-7-2-1-3-8-14/h1-11,19H,12-13H2,(H,18,20)/b10-6+. The lowest BCUT2D eigenvalue weighted by Gasteiger charge is -2.09. The summed E-state index contributed by atoms with van der Waals surface area (Å²) in [6, 6.07) is 16.8. The second-order valence-corrected chi connectivity index (χ2v) is 4.36. The van der Waals surface area contributed by atoms with Crippen molar-refractivity contribution in [3.05, 3.63) is 71.8 Å². The first-order valence-electron chi connectivity index (χ1n) is 6.63. The molecule has 0 heterocycles. The van der Waals surface area contributed by atoms with Crippen LogP contribution in [0.4, 0.5) is 10.5 Å². The second-order valence-electron chi connectivity index (χ2n) is 4.36. The first-order valence-corrected chi connectivity index (χ1v) is 6.63. The van der Waals surface area contributed by atoms with Crippen molar-refractivity contribution in [1.29, 1.82) is 0 Å². The van der Waals surface area contributed by atoms with Crippen molar-refractivity contribution in [1.82, 2.24) is 0 Å². The molecule has 21 heavy (non-hydrogen) atoms. The first kappa shape index (κ1) is 14.8. The topological polar surface area (TPSA) is 58.6 Å². The largest absolute Gasteiger partial charge is 0.444 e. The van der Waals surface area contributed by atoms with Gasteiger partial charge >= 0.3 is 6.09 Å². The average molecular weight is 283 g/mol. The second kappa shape index (κ2) is 7.87. The van der Waals surface area contributed by atoms with Crippen molar-refractivity contribution in [3.63, 3.8) is 0 Å². The van der Waals surface area contributed by atoms with Crippen LogP contribution in [0.1, 0.15) is 11.1 Å². The van der Waals surface area contributed by atoms with Gasteiger partial charge in [-0.2, -0.15) is 0 Å². The molecule has 108 valence electrons. The Labute approximate surface area is 123 Å². The summed E-state index contributed by atoms with van der Waals surface area (Å²) in [5.41, 5.74) is 2.38. The molecule has 0 unspecified atom stereocenters. The van der Waals surface area contributed by atoms with E-state index in [1.807, 2.05) is 48.5 Å². The molecular formula is C17H17NO3. The molecule has 2 rings (SSSR count). The highest BCUT2D eigenvalue weighted by Gasteiger charge is 2.06. The number of hydrogen-bond donors (Lipinski definition) is 2. The smallest absolute Gasteiger partial charge is 0.411 e. The van der Waals surface area contributed by atoms with Gasteiger partial charge in [0.15, 0.2) is 0 Å². The van der Waals surface area contributed by atoms with Gasteiger partial charge in [0.05, 0.1) is 12.3 Å². The van der Waals surface area contributed by atoms with Crippen LogP contribution < -0.4 is 5.32 Å². The Morgan fingerprint density at radius 2 is 1.81 bits per heavy atom. The summed E-state index contributed by atoms with van der Waals surface area (Å²) in [7, 11) is 0. The maximum Gasteiger partial charge on any atom is 0.411 e. The first-order chi connectivity index (χ1) is 10.3. The van der Waals surface area contributed by atoms with Crippen LogP contribution in [-0.4, -0.2) is 17.8 Å². The van der Waals surface area contributed by atoms with Gasteiger partial charge in [0.1, 0.15) is 6.61 Å². The molecule has 4 nitrogen and oxygen atoms in total. The zero-order valence-corrected chi connectivity index (χ0v) is 11.5. The summed E-state index contributed by atoms with van der Waals surface area (Å²) in [6.07, 6.45) is 2.84. The van der Waals surface area contributed by atoms with Crippen LogP contribution in [0.15, 0.2) is 60.7 Å². The van der Waals surface area contributed by atoms with Gasteiger partial charge < -0.3 is 9.84 Å². The fourth-order valence-corrected chi connectivity index (χ4v) is 1.81. The highest BCUT2D eigenvalue weighted by Crippen LogP contribution is 2.17. The highest BCUT2D eigenvalue weighted by molar-refractivity contribution is 5.87. The highest BCUT2D eigenvalue weighted by atomic mass is 16.5. The lowest BCUT2D eigenvalue weighted by Crippen LogP contribution is -2.14. The number of ether oxygens (including phenoxy) is 1. The summed E-state index contributed by atoms with van der Waals surface area (Å²) in [6.45, 7) is 0.175. The maximum atomic E-state index is 11.8. The molecule has 0 aliphatic carbocycles. The van der Waals surface area contributed by atoms with E-state index in [-0.39, 0.29) is 13.2 Å². The van der Waals surface area contributed by atoms with Crippen LogP contribution in [0.25, 0.3) is 6.08 Å². The van der Waals surface area contributed by atoms with Gasteiger partial charge in [0.2, 0.25) is 0 Å². The van der Waals surface area contributed by atoms with Gasteiger partial charge in [0.25, 0.3) is 0 Å². The van der Waals surface area contributed by atoms with E-state index < -0.39 is 6.09 Å². The zero-order valence-electron chi connectivity index (χ0n) is 11.5. The monoisotopic (exact) mass is 283 g/mol. The molecule has 2 aromatic rings. The van der Waals surface area contributed by atoms with Gasteiger partial charge in [0, 0.05) is 0 Å². The Morgan fingerprint density at radius 1 is 1.10 bits per heavy atom. The molecule has 0 saturated heterocycles. The Kier molecular flexibility index (Phi) is 5.55. The zero-order chi connectivity index (χ0) is 14.9. The molecule has 0 aliphatic rings. The number of aliphatic hydroxyl groups excluding tert-OH is 1. The molecule has 2 aromatic carbocycles. The van der Waals surface area contributed by atoms with Gasteiger partial charge in [-0.15, -0.1) is 0 Å². The van der Waals surface area contributed by atoms with Crippen molar-refractivity contribution in [3.8, 4) is 0 Å². The van der Waals surface area contributed by atoms with E-state index >= 15 is 0 Å². The summed E-state index contributed by atoms with van der Waals surface area (Å²) in [5.74, 6) is 0. The van der Waals surface area contributed by atoms with Crippen LogP contribution in [0, 0.1) is 0 Å². The van der Waals surface area contributed by atoms with E-state index in [2.05, 4.69) is 5.32 Å². The Hall–Kier alpha value is -2.59. The minimum atomic E-state index is -0.510. The molecule has 0 aliphatic heterocycles. The number of anilines is 1. The normalized spacial score (nSPS) is 10.5. The van der Waals surface area contributed by atoms with Crippen LogP contribution in [-0.2, 0) is 11.3 Å². The van der Waals surface area contributed by atoms with Crippen molar-refractivity contribution in [2.45, 2.75) is 6.61 Å². The van der Waals surface area contributed by atoms with E-state index in [4.69, 9.17) is 9.84 Å². The van der Waals surface area contributed by atoms with Crippen molar-refractivity contribution < 1.29 is 14.6 Å². The van der Waals surface area contributed by atoms with Gasteiger partial charge in [-0.3, -0.25) is 5.32 Å². The molecule has 0 bridgehead atoms. The molecule has 0 spiro atoms. The quantitative estimate of drug-likeness (QED) is 0.883. The van der Waals surface area contributed by atoms with Crippen LogP contribution in [0.5, 0.6) is 0 Å². The van der Waals surface area contributed by atoms with Crippen molar-refractivity contribution in [2.75, 3.05) is 11.9 Å². The minimum absolute atomic E-state index is 0.0488. The number of carbonyl (C=O) groups is 1. The molecule has 0 saturated carbocycles. The van der Waals surface area contributed by atoms with Gasteiger partial charge in [-0.1, -0.05) is 60.7 Å². The Bertz CT molecular complexity index is 608. The number of carbonyl (C=O) groups excluding carboxylic acids is 1. The number of benzene rings is 2. The number of aliphatic hydroxyl groups is 1. The third-order valence-electron chi connectivity index (χ3n) is 2.81. The van der Waals surface area contributed by atoms with Crippen LogP contribution in [0.3, 0.4) is 0 Å². The number of amides is 1. The van der Waals surface area contributed by atoms with Crippen LogP contribution in [0.2, 0.25) is 0 Å². The Balaban J connectivity index is 1.95. The third-order valence-corrected chi connectivity index (χ3v) is 2.81. The molecule has 0 aromatic heterocycles. The molecule has 1 amide bonds. The third kappa shape index (κ3) is 4.78. The molecule has 0 fully saturated rings. The number of para-hydroxylation sites is 1. The summed E-state index contributed by atoms with van der Waals surface area (Å²) in [4.78, 5) is 11.8. The average Bonchev–Trinajstić information content (AvgIpc) is 2.53. The van der Waals surface area contributed by atoms with Gasteiger partial charge in [-0.25, -0.2) is 4.79 Å². The van der Waals surface area contributed by atoms with E-state index in [0.717, 1.165) is 11.1 Å². The molecule has 0 radical (unpaired) electrons. The number of hydrogen-bond acceptors (Lipinski definition) is 3. The summed E-state index contributed by atoms with van der Waals surface area (Å²) < 4.78 is 5.17. The van der Waals surface area contributed by atoms with Crippen molar-refractivity contribution in [2.24, 2.45) is 0 Å². The fraction of sp³-hybridized carbons (Fsp3) is 0.118. The fourth-order valence-electron chi connectivity index (χ4n) is 1.81. The molecular weight excluding hydrogens is 266 g/mol. The Morgan fingerprint density at radius 3 is 2.57 bits per heavy atom. The van der Waals surface area contributed by atoms with E-state index in [1.54, 1.807) is 18.2 Å². The molecule has 4 heteroatoms. The lowest BCUT2D eigenvalue weighted by molar-refractivity contribution is 0.155. The summed E-state index contributed by atoms with van der Waals surface area (Å²) >= 11 is 0. The maximum absolute atomic E-state index is 11.8. The summed E-state index contributed by atoms with van der Waals surface area (Å²) in [5, 5.41) is 11.5. The van der Waals surface area contributed by atoms with Gasteiger partial charge in [-0.05, 0) is 17.2 Å². The van der Waals surface area contributed by atoms with E-state index in [9.17, 15) is 4.79 Å². The predicted molar refractivity (Wildman–Crippen MR) is 82.8 cm³/mol. The van der Waals surface area contributed by atoms with Crippen molar-refractivity contribution >= 4 is 17.9 Å².